The molecule has 0 atom stereocenters. The van der Waals surface area contributed by atoms with Crippen LogP contribution >= 0.6 is 0 Å². The summed E-state index contributed by atoms with van der Waals surface area (Å²) in [4.78, 5) is 9.48. The van der Waals surface area contributed by atoms with Crippen molar-refractivity contribution in [2.24, 2.45) is 0 Å². The molecule has 4 heteroatoms. The van der Waals surface area contributed by atoms with Crippen molar-refractivity contribution < 1.29 is 4.39 Å². The van der Waals surface area contributed by atoms with Gasteiger partial charge >= 0.3 is 0 Å². The number of para-hydroxylation sites is 1. The zero-order valence-electron chi connectivity index (χ0n) is 10.8. The number of halogens is 1. The second kappa shape index (κ2) is 4.39. The van der Waals surface area contributed by atoms with Gasteiger partial charge in [0.05, 0.1) is 5.52 Å². The quantitative estimate of drug-likeness (QED) is 0.760. The minimum atomic E-state index is -0.301. The lowest BCUT2D eigenvalue weighted by molar-refractivity contribution is 0.637. The minimum Gasteiger partial charge on any atom is -0.378 e. The average molecular weight is 255 g/mol. The Morgan fingerprint density at radius 1 is 1.05 bits per heavy atom. The van der Waals surface area contributed by atoms with Crippen LogP contribution in [0.3, 0.4) is 0 Å². The van der Waals surface area contributed by atoms with Gasteiger partial charge in [0.2, 0.25) is 0 Å². The summed E-state index contributed by atoms with van der Waals surface area (Å²) in [6.07, 6.45) is 0. The van der Waals surface area contributed by atoms with Gasteiger partial charge in [-0.1, -0.05) is 6.07 Å². The summed E-state index contributed by atoms with van der Waals surface area (Å²) in [6, 6.07) is 12.9. The van der Waals surface area contributed by atoms with E-state index in [0.29, 0.717) is 16.9 Å². The third kappa shape index (κ3) is 2.05. The molecule has 0 spiro atoms. The predicted octanol–water partition coefficient (Wildman–Crippen LogP) is 3.44. The Balaban J connectivity index is 2.06. The molecule has 0 unspecified atom stereocenters. The zero-order chi connectivity index (χ0) is 13.4. The molecule has 0 aliphatic carbocycles. The number of fused-ring (bicyclic) bond motifs is 1. The topological polar surface area (TPSA) is 31.9 Å². The molecule has 3 aromatic rings. The second-order valence-electron chi connectivity index (χ2n) is 4.66. The van der Waals surface area contributed by atoms with E-state index in [-0.39, 0.29) is 5.82 Å². The van der Waals surface area contributed by atoms with Gasteiger partial charge in [-0.2, -0.15) is 0 Å². The van der Waals surface area contributed by atoms with Gasteiger partial charge in [0.25, 0.3) is 0 Å². The number of anilines is 1. The lowest BCUT2D eigenvalue weighted by atomic mass is 10.2. The maximum atomic E-state index is 13.6. The summed E-state index contributed by atoms with van der Waals surface area (Å²) < 4.78 is 13.6. The Hall–Kier alpha value is -2.36. The molecule has 0 radical (unpaired) electrons. The van der Waals surface area contributed by atoms with Crippen molar-refractivity contribution in [3.63, 3.8) is 0 Å². The van der Waals surface area contributed by atoms with E-state index in [1.807, 2.05) is 49.3 Å². The van der Waals surface area contributed by atoms with E-state index in [0.717, 1.165) is 11.3 Å². The van der Waals surface area contributed by atoms with Crippen LogP contribution in [-0.2, 0) is 0 Å². The second-order valence-corrected chi connectivity index (χ2v) is 4.66. The largest absolute Gasteiger partial charge is 0.378 e. The van der Waals surface area contributed by atoms with E-state index in [4.69, 9.17) is 0 Å². The van der Waals surface area contributed by atoms with E-state index in [9.17, 15) is 4.39 Å². The van der Waals surface area contributed by atoms with Gasteiger partial charge in [-0.15, -0.1) is 0 Å². The molecule has 3 nitrogen and oxygen atoms in total. The van der Waals surface area contributed by atoms with Gasteiger partial charge < -0.3 is 9.88 Å². The van der Waals surface area contributed by atoms with Crippen molar-refractivity contribution in [1.29, 1.82) is 0 Å². The third-order valence-electron chi connectivity index (χ3n) is 3.12. The van der Waals surface area contributed by atoms with Crippen LogP contribution in [0.15, 0.2) is 42.5 Å². The Morgan fingerprint density at radius 2 is 1.79 bits per heavy atom. The van der Waals surface area contributed by atoms with Gasteiger partial charge in [0.1, 0.15) is 11.3 Å². The van der Waals surface area contributed by atoms with Crippen LogP contribution in [0.1, 0.15) is 0 Å². The number of H-pyrrole nitrogens is 1. The number of aromatic nitrogens is 2. The molecule has 0 fully saturated rings. The highest BCUT2D eigenvalue weighted by atomic mass is 19.1. The number of hydrogen-bond donors (Lipinski definition) is 1. The number of nitrogens with zero attached hydrogens (tertiary/aromatic N) is 2. The molecular weight excluding hydrogens is 241 g/mol. The van der Waals surface area contributed by atoms with Gasteiger partial charge in [-0.05, 0) is 36.4 Å². The molecule has 3 rings (SSSR count). The minimum absolute atomic E-state index is 0.301. The highest BCUT2D eigenvalue weighted by molar-refractivity contribution is 5.80. The molecule has 2 aromatic carbocycles. The first-order chi connectivity index (χ1) is 9.15. The standard InChI is InChI=1S/C15H14FN3/c1-19(2)11-8-6-10(7-9-11)15-17-13-5-3-4-12(16)14(13)18-15/h3-9H,1-2H3,(H,17,18). The first-order valence-electron chi connectivity index (χ1n) is 6.07. The fourth-order valence-corrected chi connectivity index (χ4v) is 2.05. The Labute approximate surface area is 110 Å². The summed E-state index contributed by atoms with van der Waals surface area (Å²) in [7, 11) is 3.98. The molecule has 0 saturated carbocycles. The first-order valence-corrected chi connectivity index (χ1v) is 6.07. The molecule has 1 heterocycles. The number of rotatable bonds is 2. The fourth-order valence-electron chi connectivity index (χ4n) is 2.05. The Morgan fingerprint density at radius 3 is 2.42 bits per heavy atom. The van der Waals surface area contributed by atoms with Gasteiger partial charge in [0.15, 0.2) is 5.82 Å². The van der Waals surface area contributed by atoms with Gasteiger partial charge in [-0.25, -0.2) is 9.37 Å². The van der Waals surface area contributed by atoms with E-state index in [1.54, 1.807) is 6.07 Å². The SMILES string of the molecule is CN(C)c1ccc(-c2nc3c(F)cccc3[nH]2)cc1. The third-order valence-corrected chi connectivity index (χ3v) is 3.12. The zero-order valence-corrected chi connectivity index (χ0v) is 10.8. The smallest absolute Gasteiger partial charge is 0.151 e. The van der Waals surface area contributed by atoms with Crippen LogP contribution < -0.4 is 4.90 Å². The van der Waals surface area contributed by atoms with Crippen molar-refractivity contribution in [3.05, 3.63) is 48.3 Å². The number of benzene rings is 2. The highest BCUT2D eigenvalue weighted by Crippen LogP contribution is 2.23. The van der Waals surface area contributed by atoms with Crippen molar-refractivity contribution in [2.45, 2.75) is 0 Å². The Bertz CT molecular complexity index is 714. The molecule has 19 heavy (non-hydrogen) atoms. The molecule has 1 aromatic heterocycles. The maximum absolute atomic E-state index is 13.6. The van der Waals surface area contributed by atoms with Crippen LogP contribution in [0, 0.1) is 5.82 Å². The van der Waals surface area contributed by atoms with E-state index in [2.05, 4.69) is 9.97 Å². The van der Waals surface area contributed by atoms with E-state index in [1.165, 1.54) is 6.07 Å². The monoisotopic (exact) mass is 255 g/mol. The van der Waals surface area contributed by atoms with Crippen LogP contribution in [-0.4, -0.2) is 24.1 Å². The van der Waals surface area contributed by atoms with Crippen molar-refractivity contribution in [2.75, 3.05) is 19.0 Å². The number of nitrogens with one attached hydrogen (secondary N) is 1. The summed E-state index contributed by atoms with van der Waals surface area (Å²) in [5.41, 5.74) is 3.16. The van der Waals surface area contributed by atoms with Crippen LogP contribution in [0.2, 0.25) is 0 Å². The summed E-state index contributed by atoms with van der Waals surface area (Å²) in [5.74, 6) is 0.385. The number of imidazole rings is 1. The maximum Gasteiger partial charge on any atom is 0.151 e. The van der Waals surface area contributed by atoms with E-state index >= 15 is 0 Å². The Kier molecular flexibility index (Phi) is 2.71. The van der Waals surface area contributed by atoms with Crippen LogP contribution in [0.25, 0.3) is 22.4 Å². The van der Waals surface area contributed by atoms with E-state index < -0.39 is 0 Å². The van der Waals surface area contributed by atoms with Crippen molar-refractivity contribution in [1.82, 2.24) is 9.97 Å². The number of aromatic amines is 1. The number of hydrogen-bond acceptors (Lipinski definition) is 2. The van der Waals surface area contributed by atoms with Gasteiger partial charge in [0, 0.05) is 25.3 Å². The molecule has 0 bridgehead atoms. The summed E-state index contributed by atoms with van der Waals surface area (Å²) >= 11 is 0. The molecule has 0 aliphatic rings. The highest BCUT2D eigenvalue weighted by Gasteiger charge is 2.08. The average Bonchev–Trinajstić information content (AvgIpc) is 2.84. The summed E-state index contributed by atoms with van der Waals surface area (Å²) in [6.45, 7) is 0. The fraction of sp³-hybridized carbons (Fsp3) is 0.133. The van der Waals surface area contributed by atoms with Crippen LogP contribution in [0.5, 0.6) is 0 Å². The lowest BCUT2D eigenvalue weighted by Gasteiger charge is -2.11. The molecule has 0 saturated heterocycles. The molecule has 1 N–H and O–H groups in total. The molecule has 0 aliphatic heterocycles. The first kappa shape index (κ1) is 11.7. The van der Waals surface area contributed by atoms with Crippen molar-refractivity contribution >= 4 is 16.7 Å². The van der Waals surface area contributed by atoms with Crippen LogP contribution in [0.4, 0.5) is 10.1 Å². The molecular formula is C15H14FN3. The summed E-state index contributed by atoms with van der Waals surface area (Å²) in [5, 5.41) is 0. The lowest BCUT2D eigenvalue weighted by Crippen LogP contribution is -2.07. The van der Waals surface area contributed by atoms with Crippen molar-refractivity contribution in [3.8, 4) is 11.4 Å². The predicted molar refractivity (Wildman–Crippen MR) is 75.8 cm³/mol. The molecule has 96 valence electrons. The van der Waals surface area contributed by atoms with Gasteiger partial charge in [-0.3, -0.25) is 0 Å². The normalized spacial score (nSPS) is 10.9. The molecule has 0 amide bonds.